The minimum atomic E-state index is -3.44. The van der Waals surface area contributed by atoms with Crippen molar-refractivity contribution in [2.75, 3.05) is 18.9 Å². The van der Waals surface area contributed by atoms with Crippen molar-refractivity contribution in [3.63, 3.8) is 0 Å². The van der Waals surface area contributed by atoms with Gasteiger partial charge < -0.3 is 5.32 Å². The van der Waals surface area contributed by atoms with E-state index in [1.165, 1.54) is 12.8 Å². The normalized spacial score (nSPS) is 18.4. The molecule has 1 aromatic rings. The highest BCUT2D eigenvalue weighted by Crippen LogP contribution is 2.37. The van der Waals surface area contributed by atoms with Crippen LogP contribution in [0.2, 0.25) is 0 Å². The molecule has 106 valence electrons. The molecule has 0 atom stereocenters. The molecule has 0 heterocycles. The van der Waals surface area contributed by atoms with Gasteiger partial charge in [-0.15, -0.1) is 0 Å². The van der Waals surface area contributed by atoms with Gasteiger partial charge in [0, 0.05) is 13.6 Å². The summed E-state index contributed by atoms with van der Waals surface area (Å²) in [6.07, 6.45) is 4.60. The van der Waals surface area contributed by atoms with Gasteiger partial charge in [0.1, 0.15) is 4.90 Å². The molecule has 1 aliphatic rings. The zero-order chi connectivity index (χ0) is 13.9. The van der Waals surface area contributed by atoms with Gasteiger partial charge in [-0.1, -0.05) is 31.9 Å². The molecule has 2 rings (SSSR count). The summed E-state index contributed by atoms with van der Waals surface area (Å²) in [6, 6.07) is 6.97. The summed E-state index contributed by atoms with van der Waals surface area (Å²) in [4.78, 5) is 0.319. The van der Waals surface area contributed by atoms with E-state index in [0.717, 1.165) is 12.8 Å². The Morgan fingerprint density at radius 2 is 1.84 bits per heavy atom. The van der Waals surface area contributed by atoms with Crippen LogP contribution in [0.4, 0.5) is 5.69 Å². The summed E-state index contributed by atoms with van der Waals surface area (Å²) < 4.78 is 27.5. The van der Waals surface area contributed by atoms with Gasteiger partial charge in [-0.2, -0.15) is 0 Å². The van der Waals surface area contributed by atoms with E-state index in [9.17, 15) is 8.42 Å². The van der Waals surface area contributed by atoms with Crippen molar-refractivity contribution in [1.29, 1.82) is 0 Å². The number of benzene rings is 1. The highest BCUT2D eigenvalue weighted by molar-refractivity contribution is 7.89. The first-order chi connectivity index (χ1) is 8.97. The average Bonchev–Trinajstić information content (AvgIpc) is 2.84. The number of rotatable bonds is 5. The summed E-state index contributed by atoms with van der Waals surface area (Å²) in [5.74, 6) is 0. The van der Waals surface area contributed by atoms with Crippen molar-refractivity contribution in [3.05, 3.63) is 24.3 Å². The van der Waals surface area contributed by atoms with Gasteiger partial charge in [0.2, 0.25) is 10.0 Å². The zero-order valence-corrected chi connectivity index (χ0v) is 12.4. The number of para-hydroxylation sites is 1. The minimum Gasteiger partial charge on any atom is -0.387 e. The predicted molar refractivity (Wildman–Crippen MR) is 77.8 cm³/mol. The summed E-state index contributed by atoms with van der Waals surface area (Å²) in [7, 11) is -1.71. The molecule has 0 bridgehead atoms. The summed E-state index contributed by atoms with van der Waals surface area (Å²) >= 11 is 0. The van der Waals surface area contributed by atoms with Crippen molar-refractivity contribution < 1.29 is 8.42 Å². The quantitative estimate of drug-likeness (QED) is 0.872. The van der Waals surface area contributed by atoms with Crippen LogP contribution in [0.25, 0.3) is 0 Å². The molecule has 0 unspecified atom stereocenters. The Morgan fingerprint density at radius 1 is 1.21 bits per heavy atom. The Hall–Kier alpha value is -1.07. The highest BCUT2D eigenvalue weighted by Gasteiger charge is 2.30. The number of nitrogens with one attached hydrogen (secondary N) is 2. The fourth-order valence-electron chi connectivity index (χ4n) is 2.66. The molecule has 1 aromatic carbocycles. The molecule has 0 spiro atoms. The minimum absolute atomic E-state index is 0.113. The van der Waals surface area contributed by atoms with E-state index in [1.54, 1.807) is 25.2 Å². The van der Waals surface area contributed by atoms with Crippen LogP contribution in [0.5, 0.6) is 0 Å². The van der Waals surface area contributed by atoms with Crippen molar-refractivity contribution in [1.82, 2.24) is 4.72 Å². The maximum absolute atomic E-state index is 12.4. The van der Waals surface area contributed by atoms with Crippen molar-refractivity contribution in [2.45, 2.75) is 37.5 Å². The standard InChI is InChI=1S/C14H22N2O2S/c1-14(9-5-6-10-14)11-16-19(17,18)13-8-4-3-7-12(13)15-2/h3-4,7-8,15-16H,5-6,9-11H2,1-2H3. The molecule has 4 nitrogen and oxygen atoms in total. The topological polar surface area (TPSA) is 58.2 Å². The molecule has 0 saturated heterocycles. The summed E-state index contributed by atoms with van der Waals surface area (Å²) in [6.45, 7) is 2.68. The SMILES string of the molecule is CNc1ccccc1S(=O)(=O)NCC1(C)CCCC1. The molecular formula is C14H22N2O2S. The maximum Gasteiger partial charge on any atom is 0.242 e. The van der Waals surface area contributed by atoms with Crippen molar-refractivity contribution >= 4 is 15.7 Å². The van der Waals surface area contributed by atoms with Crippen LogP contribution in [-0.2, 0) is 10.0 Å². The van der Waals surface area contributed by atoms with E-state index in [2.05, 4.69) is 17.0 Å². The largest absolute Gasteiger partial charge is 0.387 e. The van der Waals surface area contributed by atoms with E-state index in [1.807, 2.05) is 6.07 Å². The lowest BCUT2D eigenvalue weighted by atomic mass is 9.89. The molecule has 0 radical (unpaired) electrons. The van der Waals surface area contributed by atoms with Crippen molar-refractivity contribution in [2.24, 2.45) is 5.41 Å². The Kier molecular flexibility index (Phi) is 4.16. The van der Waals surface area contributed by atoms with Crippen LogP contribution in [0.3, 0.4) is 0 Å². The molecule has 1 fully saturated rings. The molecule has 1 saturated carbocycles. The second-order valence-corrected chi connectivity index (χ2v) is 7.32. The van der Waals surface area contributed by atoms with E-state index in [-0.39, 0.29) is 5.41 Å². The lowest BCUT2D eigenvalue weighted by molar-refractivity contribution is 0.336. The fraction of sp³-hybridized carbons (Fsp3) is 0.571. The third-order valence-corrected chi connectivity index (χ3v) is 5.40. The molecule has 19 heavy (non-hydrogen) atoms. The number of hydrogen-bond donors (Lipinski definition) is 2. The second kappa shape index (κ2) is 5.51. The average molecular weight is 282 g/mol. The monoisotopic (exact) mass is 282 g/mol. The summed E-state index contributed by atoms with van der Waals surface area (Å²) in [5.41, 5.74) is 0.744. The number of sulfonamides is 1. The lowest BCUT2D eigenvalue weighted by Gasteiger charge is -2.24. The second-order valence-electron chi connectivity index (χ2n) is 5.59. The van der Waals surface area contributed by atoms with Gasteiger partial charge in [-0.25, -0.2) is 13.1 Å². The number of anilines is 1. The van der Waals surface area contributed by atoms with Crippen molar-refractivity contribution in [3.8, 4) is 0 Å². The molecule has 5 heteroatoms. The van der Waals surface area contributed by atoms with Gasteiger partial charge >= 0.3 is 0 Å². The van der Waals surface area contributed by atoms with Crippen LogP contribution < -0.4 is 10.0 Å². The zero-order valence-electron chi connectivity index (χ0n) is 11.6. The Morgan fingerprint density at radius 3 is 2.47 bits per heavy atom. The third kappa shape index (κ3) is 3.28. The van der Waals surface area contributed by atoms with Gasteiger partial charge in [0.05, 0.1) is 5.69 Å². The molecule has 0 amide bonds. The third-order valence-electron chi connectivity index (χ3n) is 3.95. The van der Waals surface area contributed by atoms with Gasteiger partial charge in [-0.05, 0) is 30.4 Å². The Balaban J connectivity index is 2.14. The maximum atomic E-state index is 12.4. The van der Waals surface area contributed by atoms with E-state index < -0.39 is 10.0 Å². The van der Waals surface area contributed by atoms with E-state index in [4.69, 9.17) is 0 Å². The summed E-state index contributed by atoms with van der Waals surface area (Å²) in [5, 5.41) is 2.92. The van der Waals surface area contributed by atoms with Gasteiger partial charge in [0.15, 0.2) is 0 Å². The lowest BCUT2D eigenvalue weighted by Crippen LogP contribution is -2.34. The number of hydrogen-bond acceptors (Lipinski definition) is 3. The van der Waals surface area contributed by atoms with Crippen LogP contribution in [-0.4, -0.2) is 22.0 Å². The Labute approximate surface area is 115 Å². The first-order valence-corrected chi connectivity index (χ1v) is 8.22. The smallest absolute Gasteiger partial charge is 0.242 e. The molecule has 2 N–H and O–H groups in total. The van der Waals surface area contributed by atoms with Crippen LogP contribution in [0.1, 0.15) is 32.6 Å². The molecule has 0 aromatic heterocycles. The first-order valence-electron chi connectivity index (χ1n) is 6.73. The predicted octanol–water partition coefficient (Wildman–Crippen LogP) is 2.59. The van der Waals surface area contributed by atoms with Crippen LogP contribution in [0.15, 0.2) is 29.2 Å². The highest BCUT2D eigenvalue weighted by atomic mass is 32.2. The first kappa shape index (κ1) is 14.3. The fourth-order valence-corrected chi connectivity index (χ4v) is 4.07. The molecule has 1 aliphatic carbocycles. The van der Waals surface area contributed by atoms with Gasteiger partial charge in [-0.3, -0.25) is 0 Å². The van der Waals surface area contributed by atoms with Gasteiger partial charge in [0.25, 0.3) is 0 Å². The van der Waals surface area contributed by atoms with E-state index >= 15 is 0 Å². The van der Waals surface area contributed by atoms with E-state index in [0.29, 0.717) is 17.1 Å². The molecule has 0 aliphatic heterocycles. The molecular weight excluding hydrogens is 260 g/mol. The Bertz CT molecular complexity index is 534. The van der Waals surface area contributed by atoms with Crippen LogP contribution >= 0.6 is 0 Å². The van der Waals surface area contributed by atoms with Crippen LogP contribution in [0, 0.1) is 5.41 Å².